The van der Waals surface area contributed by atoms with Crippen LogP contribution in [0.1, 0.15) is 32.1 Å². The van der Waals surface area contributed by atoms with Crippen LogP contribution in [0.4, 0.5) is 0 Å². The van der Waals surface area contributed by atoms with E-state index in [0.29, 0.717) is 5.78 Å². The summed E-state index contributed by atoms with van der Waals surface area (Å²) in [6, 6.07) is 0. The molecule has 2 nitrogen and oxygen atoms in total. The van der Waals surface area contributed by atoms with Gasteiger partial charge in [-0.15, -0.1) is 0 Å². The highest BCUT2D eigenvalue weighted by atomic mass is 16.1. The van der Waals surface area contributed by atoms with Crippen LogP contribution in [0.2, 0.25) is 0 Å². The van der Waals surface area contributed by atoms with Crippen molar-refractivity contribution >= 4 is 12.6 Å². The number of rotatable bonds is 2. The number of Topliss-reactive ketones (excluding diaryl/α,β-unsaturated/α-hetero) is 1. The van der Waals surface area contributed by atoms with E-state index >= 15 is 0 Å². The average molecular weight is 239 g/mol. The lowest BCUT2D eigenvalue weighted by Gasteiger charge is -2.30. The Balaban J connectivity index is 1.80. The van der Waals surface area contributed by atoms with Crippen LogP contribution in [0, 0.1) is 5.92 Å². The third-order valence-electron chi connectivity index (χ3n) is 4.10. The van der Waals surface area contributed by atoms with Crippen LogP contribution in [0.25, 0.3) is 0 Å². The van der Waals surface area contributed by atoms with Gasteiger partial charge in [-0.3, -0.25) is 4.79 Å². The van der Waals surface area contributed by atoms with Gasteiger partial charge < -0.3 is 4.81 Å². The molecular formula is C15H18BNO. The third-order valence-corrected chi connectivity index (χ3v) is 4.10. The third kappa shape index (κ3) is 2.10. The molecule has 1 saturated carbocycles. The first-order valence-electron chi connectivity index (χ1n) is 6.91. The van der Waals surface area contributed by atoms with Crippen molar-refractivity contribution in [2.24, 2.45) is 5.92 Å². The number of fused-ring (bicyclic) bond motifs is 1. The van der Waals surface area contributed by atoms with Gasteiger partial charge in [0, 0.05) is 5.92 Å². The Labute approximate surface area is 109 Å². The minimum atomic E-state index is 0.120. The first-order valence-corrected chi connectivity index (χ1v) is 6.91. The van der Waals surface area contributed by atoms with Gasteiger partial charge in [-0.1, -0.05) is 37.4 Å². The molecule has 3 rings (SSSR count). The molecule has 0 aromatic rings. The van der Waals surface area contributed by atoms with E-state index in [1.807, 2.05) is 36.7 Å². The topological polar surface area (TPSA) is 20.3 Å². The first-order chi connectivity index (χ1) is 8.86. The summed E-state index contributed by atoms with van der Waals surface area (Å²) < 4.78 is 0. The van der Waals surface area contributed by atoms with Gasteiger partial charge in [-0.05, 0) is 42.9 Å². The molecule has 0 radical (unpaired) electrons. The second-order valence-electron chi connectivity index (χ2n) is 5.28. The van der Waals surface area contributed by atoms with E-state index in [1.165, 1.54) is 19.3 Å². The zero-order valence-corrected chi connectivity index (χ0v) is 10.6. The fourth-order valence-corrected chi connectivity index (χ4v) is 3.09. The highest BCUT2D eigenvalue weighted by molar-refractivity contribution is 6.75. The van der Waals surface area contributed by atoms with Crippen LogP contribution in [0.15, 0.2) is 48.2 Å². The molecule has 18 heavy (non-hydrogen) atoms. The Morgan fingerprint density at radius 2 is 1.89 bits per heavy atom. The second kappa shape index (κ2) is 5.01. The summed E-state index contributed by atoms with van der Waals surface area (Å²) in [7, 11) is 0. The normalized spacial score (nSPS) is 23.0. The van der Waals surface area contributed by atoms with E-state index in [2.05, 4.69) is 10.8 Å². The predicted molar refractivity (Wildman–Crippen MR) is 74.7 cm³/mol. The van der Waals surface area contributed by atoms with Gasteiger partial charge in [-0.25, -0.2) is 0 Å². The Morgan fingerprint density at radius 3 is 2.72 bits per heavy atom. The fraction of sp³-hybridized carbons (Fsp3) is 0.400. The maximum Gasteiger partial charge on any atom is 0.323 e. The monoisotopic (exact) mass is 239 g/mol. The molecular weight excluding hydrogens is 221 g/mol. The molecule has 0 saturated heterocycles. The summed E-state index contributed by atoms with van der Waals surface area (Å²) in [4.78, 5) is 14.7. The second-order valence-corrected chi connectivity index (χ2v) is 5.28. The largest absolute Gasteiger partial charge is 0.389 e. The number of ketones is 1. The summed E-state index contributed by atoms with van der Waals surface area (Å²) in [6.07, 6.45) is 18.0. The predicted octanol–water partition coefficient (Wildman–Crippen LogP) is 3.04. The molecule has 2 aliphatic heterocycles. The van der Waals surface area contributed by atoms with Crippen LogP contribution < -0.4 is 0 Å². The number of hydrogen-bond acceptors (Lipinski definition) is 2. The van der Waals surface area contributed by atoms with Gasteiger partial charge in [0.25, 0.3) is 0 Å². The van der Waals surface area contributed by atoms with Crippen LogP contribution in [0.3, 0.4) is 0 Å². The van der Waals surface area contributed by atoms with Gasteiger partial charge >= 0.3 is 6.85 Å². The molecule has 0 aromatic carbocycles. The molecule has 0 atom stereocenters. The number of allylic oxidation sites excluding steroid dienone is 5. The molecule has 1 fully saturated rings. The van der Waals surface area contributed by atoms with Gasteiger partial charge in [0.1, 0.15) is 0 Å². The zero-order chi connectivity index (χ0) is 12.4. The fourth-order valence-electron chi connectivity index (χ4n) is 3.09. The van der Waals surface area contributed by atoms with Crippen molar-refractivity contribution in [2.75, 3.05) is 0 Å². The molecule has 0 N–H and O–H groups in total. The van der Waals surface area contributed by atoms with Crippen LogP contribution in [-0.4, -0.2) is 17.4 Å². The van der Waals surface area contributed by atoms with Crippen molar-refractivity contribution < 1.29 is 4.79 Å². The Hall–Kier alpha value is -1.51. The summed E-state index contributed by atoms with van der Waals surface area (Å²) >= 11 is 0. The van der Waals surface area contributed by atoms with Crippen LogP contribution in [-0.2, 0) is 4.79 Å². The Kier molecular flexibility index (Phi) is 3.22. The van der Waals surface area contributed by atoms with Gasteiger partial charge in [0.15, 0.2) is 5.78 Å². The highest BCUT2D eigenvalue weighted by Gasteiger charge is 2.33. The van der Waals surface area contributed by atoms with Crippen molar-refractivity contribution in [3.63, 3.8) is 0 Å². The lowest BCUT2D eigenvalue weighted by molar-refractivity contribution is -0.119. The summed E-state index contributed by atoms with van der Waals surface area (Å²) in [5.74, 6) is 2.74. The molecule has 0 amide bonds. The number of nitrogens with zero attached hydrogens (tertiary/aromatic N) is 1. The first kappa shape index (κ1) is 11.6. The minimum Gasteiger partial charge on any atom is -0.389 e. The number of carbonyl (C=O) groups excluding carboxylic acids is 1. The molecule has 2 heterocycles. The summed E-state index contributed by atoms with van der Waals surface area (Å²) in [5.41, 5.74) is 0.963. The van der Waals surface area contributed by atoms with Crippen molar-refractivity contribution in [2.45, 2.75) is 32.1 Å². The number of carbonyl (C=O) groups is 1. The average Bonchev–Trinajstić information content (AvgIpc) is 2.47. The van der Waals surface area contributed by atoms with E-state index in [-0.39, 0.29) is 12.8 Å². The standard InChI is InChI=1S/C15H18BNO/c18-15(13-7-2-1-3-8-13)14-9-6-12-17-11-5-4-10-16(14)17/h4-6,9-13H,1-3,7-8H2. The van der Waals surface area contributed by atoms with Crippen molar-refractivity contribution in [1.82, 2.24) is 4.81 Å². The van der Waals surface area contributed by atoms with Crippen LogP contribution >= 0.6 is 0 Å². The Bertz CT molecular complexity index is 455. The smallest absolute Gasteiger partial charge is 0.323 e. The lowest BCUT2D eigenvalue weighted by atomic mass is 9.49. The van der Waals surface area contributed by atoms with Crippen molar-refractivity contribution in [3.8, 4) is 0 Å². The maximum atomic E-state index is 12.6. The van der Waals surface area contributed by atoms with Crippen molar-refractivity contribution in [1.29, 1.82) is 0 Å². The van der Waals surface area contributed by atoms with E-state index in [0.717, 1.165) is 18.3 Å². The molecule has 0 bridgehead atoms. The van der Waals surface area contributed by atoms with Crippen LogP contribution in [0.5, 0.6) is 0 Å². The number of hydrogen-bond donors (Lipinski definition) is 0. The lowest BCUT2D eigenvalue weighted by Crippen LogP contribution is -2.39. The SMILES string of the molecule is O=C(C1=CC=CN2C=CC=CB12)C1CCCCC1. The summed E-state index contributed by atoms with van der Waals surface area (Å²) in [6.45, 7) is 0.120. The minimum absolute atomic E-state index is 0.120. The zero-order valence-electron chi connectivity index (χ0n) is 10.6. The van der Waals surface area contributed by atoms with E-state index in [9.17, 15) is 4.79 Å². The molecule has 3 aliphatic rings. The molecule has 0 spiro atoms. The summed E-state index contributed by atoms with van der Waals surface area (Å²) in [5, 5.41) is 0. The van der Waals surface area contributed by atoms with Gasteiger partial charge in [-0.2, -0.15) is 0 Å². The molecule has 0 aromatic heterocycles. The molecule has 1 aliphatic carbocycles. The van der Waals surface area contributed by atoms with Gasteiger partial charge in [0.05, 0.1) is 0 Å². The Morgan fingerprint density at radius 1 is 1.11 bits per heavy atom. The molecule has 3 heteroatoms. The quantitative estimate of drug-likeness (QED) is 0.690. The van der Waals surface area contributed by atoms with E-state index in [1.54, 1.807) is 0 Å². The van der Waals surface area contributed by atoms with Gasteiger partial charge in [0.2, 0.25) is 0 Å². The maximum absolute atomic E-state index is 12.6. The van der Waals surface area contributed by atoms with Crippen molar-refractivity contribution in [3.05, 3.63) is 48.2 Å². The highest BCUT2D eigenvalue weighted by Crippen LogP contribution is 2.29. The van der Waals surface area contributed by atoms with E-state index < -0.39 is 0 Å². The molecule has 0 unspecified atom stereocenters. The molecule has 92 valence electrons. The van der Waals surface area contributed by atoms with E-state index in [4.69, 9.17) is 0 Å².